The molecule has 0 radical (unpaired) electrons. The van der Waals surface area contributed by atoms with Crippen molar-refractivity contribution >= 4 is 16.9 Å². The van der Waals surface area contributed by atoms with E-state index in [-0.39, 0.29) is 5.97 Å². The normalized spacial score (nSPS) is 10.4. The standard InChI is InChI=1S/C10H10N2O2/c1-7(13)14-10-8-5-3-4-6-9(8)12(2)11-10/h3-6H,1-2H3. The number of hydrogen-bond acceptors (Lipinski definition) is 3. The monoisotopic (exact) mass is 190 g/mol. The molecular formula is C10H10N2O2. The molecule has 0 atom stereocenters. The predicted octanol–water partition coefficient (Wildman–Crippen LogP) is 1.50. The highest BCUT2D eigenvalue weighted by Crippen LogP contribution is 2.23. The van der Waals surface area contributed by atoms with Gasteiger partial charge in [0.15, 0.2) is 0 Å². The summed E-state index contributed by atoms with van der Waals surface area (Å²) in [6.45, 7) is 1.36. The Morgan fingerprint density at radius 3 is 2.86 bits per heavy atom. The molecule has 0 aliphatic rings. The van der Waals surface area contributed by atoms with Gasteiger partial charge in [0.25, 0.3) is 0 Å². The average Bonchev–Trinajstić information content (AvgIpc) is 2.44. The number of esters is 1. The van der Waals surface area contributed by atoms with Crippen LogP contribution in [0.3, 0.4) is 0 Å². The number of carbonyl (C=O) groups excluding carboxylic acids is 1. The van der Waals surface area contributed by atoms with Gasteiger partial charge in [-0.05, 0) is 12.1 Å². The van der Waals surface area contributed by atoms with E-state index >= 15 is 0 Å². The minimum absolute atomic E-state index is 0.353. The summed E-state index contributed by atoms with van der Waals surface area (Å²) in [5.41, 5.74) is 0.948. The molecule has 1 aromatic carbocycles. The van der Waals surface area contributed by atoms with Gasteiger partial charge >= 0.3 is 5.97 Å². The molecule has 1 heterocycles. The van der Waals surface area contributed by atoms with Crippen LogP contribution in [0.15, 0.2) is 24.3 Å². The summed E-state index contributed by atoms with van der Waals surface area (Å²) in [5.74, 6) is 0.0180. The van der Waals surface area contributed by atoms with Crippen LogP contribution < -0.4 is 4.74 Å². The fourth-order valence-corrected chi connectivity index (χ4v) is 1.39. The third-order valence-corrected chi connectivity index (χ3v) is 1.96. The van der Waals surface area contributed by atoms with Gasteiger partial charge in [0.05, 0.1) is 10.9 Å². The van der Waals surface area contributed by atoms with Gasteiger partial charge in [-0.3, -0.25) is 9.48 Å². The van der Waals surface area contributed by atoms with Crippen LogP contribution in [0.1, 0.15) is 6.92 Å². The third-order valence-electron chi connectivity index (χ3n) is 1.96. The number of aromatic nitrogens is 2. The summed E-state index contributed by atoms with van der Waals surface area (Å²) < 4.78 is 6.67. The summed E-state index contributed by atoms with van der Waals surface area (Å²) in [5, 5.41) is 4.96. The summed E-state index contributed by atoms with van der Waals surface area (Å²) in [7, 11) is 1.81. The van der Waals surface area contributed by atoms with Crippen LogP contribution >= 0.6 is 0 Å². The second-order valence-corrected chi connectivity index (χ2v) is 3.04. The second kappa shape index (κ2) is 3.14. The maximum atomic E-state index is 10.8. The molecule has 72 valence electrons. The van der Waals surface area contributed by atoms with Gasteiger partial charge in [-0.15, -0.1) is 5.10 Å². The van der Waals surface area contributed by atoms with Crippen LogP contribution in [0.5, 0.6) is 5.88 Å². The third kappa shape index (κ3) is 1.35. The fraction of sp³-hybridized carbons (Fsp3) is 0.200. The Kier molecular flexibility index (Phi) is 1.96. The minimum Gasteiger partial charge on any atom is -0.405 e. The van der Waals surface area contributed by atoms with Crippen LogP contribution in [0, 0.1) is 0 Å². The molecule has 4 nitrogen and oxygen atoms in total. The maximum absolute atomic E-state index is 10.8. The quantitative estimate of drug-likeness (QED) is 0.640. The van der Waals surface area contributed by atoms with Gasteiger partial charge in [0.1, 0.15) is 0 Å². The van der Waals surface area contributed by atoms with Crippen molar-refractivity contribution in [1.29, 1.82) is 0 Å². The van der Waals surface area contributed by atoms with E-state index in [4.69, 9.17) is 4.74 Å². The molecule has 0 aliphatic carbocycles. The van der Waals surface area contributed by atoms with Crippen molar-refractivity contribution < 1.29 is 9.53 Å². The predicted molar refractivity (Wildman–Crippen MR) is 52.0 cm³/mol. The average molecular weight is 190 g/mol. The molecule has 2 rings (SSSR count). The molecule has 0 bridgehead atoms. The van der Waals surface area contributed by atoms with Crippen LogP contribution in [-0.2, 0) is 11.8 Å². The van der Waals surface area contributed by atoms with E-state index in [0.29, 0.717) is 5.88 Å². The Balaban J connectivity index is 2.60. The molecule has 1 aromatic heterocycles. The summed E-state index contributed by atoms with van der Waals surface area (Å²) >= 11 is 0. The van der Waals surface area contributed by atoms with Crippen molar-refractivity contribution in [2.45, 2.75) is 6.92 Å². The Morgan fingerprint density at radius 1 is 1.43 bits per heavy atom. The lowest BCUT2D eigenvalue weighted by Crippen LogP contribution is -2.02. The molecule has 0 spiro atoms. The van der Waals surface area contributed by atoms with Gasteiger partial charge in [0, 0.05) is 14.0 Å². The van der Waals surface area contributed by atoms with E-state index in [2.05, 4.69) is 5.10 Å². The van der Waals surface area contributed by atoms with Gasteiger partial charge in [-0.1, -0.05) is 12.1 Å². The largest absolute Gasteiger partial charge is 0.405 e. The zero-order valence-corrected chi connectivity index (χ0v) is 8.02. The molecule has 0 saturated carbocycles. The van der Waals surface area contributed by atoms with Crippen LogP contribution in [-0.4, -0.2) is 15.7 Å². The zero-order valence-electron chi connectivity index (χ0n) is 8.02. The molecule has 0 amide bonds. The molecule has 0 fully saturated rings. The first kappa shape index (κ1) is 8.74. The number of benzene rings is 1. The van der Waals surface area contributed by atoms with Crippen molar-refractivity contribution in [3.63, 3.8) is 0 Å². The lowest BCUT2D eigenvalue weighted by atomic mass is 10.2. The highest BCUT2D eigenvalue weighted by Gasteiger charge is 2.09. The number of nitrogens with zero attached hydrogens (tertiary/aromatic N) is 2. The van der Waals surface area contributed by atoms with Gasteiger partial charge < -0.3 is 4.74 Å². The van der Waals surface area contributed by atoms with E-state index in [0.717, 1.165) is 10.9 Å². The molecule has 0 saturated heterocycles. The smallest absolute Gasteiger partial charge is 0.309 e. The lowest BCUT2D eigenvalue weighted by molar-refractivity contribution is -0.132. The van der Waals surface area contributed by atoms with Crippen LogP contribution in [0.2, 0.25) is 0 Å². The first-order valence-corrected chi connectivity index (χ1v) is 4.28. The maximum Gasteiger partial charge on any atom is 0.309 e. The Hall–Kier alpha value is -1.84. The summed E-state index contributed by atoms with van der Waals surface area (Å²) in [4.78, 5) is 10.8. The summed E-state index contributed by atoms with van der Waals surface area (Å²) in [6.07, 6.45) is 0. The van der Waals surface area contributed by atoms with E-state index in [9.17, 15) is 4.79 Å². The molecular weight excluding hydrogens is 180 g/mol. The van der Waals surface area contributed by atoms with Crippen LogP contribution in [0.4, 0.5) is 0 Å². The lowest BCUT2D eigenvalue weighted by Gasteiger charge is -1.94. The van der Waals surface area contributed by atoms with Gasteiger partial charge in [-0.25, -0.2) is 0 Å². The minimum atomic E-state index is -0.353. The SMILES string of the molecule is CC(=O)Oc1nn(C)c2ccccc12. The highest BCUT2D eigenvalue weighted by molar-refractivity contribution is 5.86. The van der Waals surface area contributed by atoms with Crippen molar-refractivity contribution in [2.75, 3.05) is 0 Å². The van der Waals surface area contributed by atoms with Crippen molar-refractivity contribution in [2.24, 2.45) is 7.05 Å². The van der Waals surface area contributed by atoms with Crippen molar-refractivity contribution in [3.05, 3.63) is 24.3 Å². The van der Waals surface area contributed by atoms with E-state index in [1.807, 2.05) is 31.3 Å². The fourth-order valence-electron chi connectivity index (χ4n) is 1.39. The van der Waals surface area contributed by atoms with E-state index in [1.54, 1.807) is 4.68 Å². The number of para-hydroxylation sites is 1. The first-order chi connectivity index (χ1) is 6.68. The van der Waals surface area contributed by atoms with Crippen molar-refractivity contribution in [3.8, 4) is 5.88 Å². The zero-order chi connectivity index (χ0) is 10.1. The second-order valence-electron chi connectivity index (χ2n) is 3.04. The Bertz CT molecular complexity index is 488. The number of carbonyl (C=O) groups is 1. The van der Waals surface area contributed by atoms with Crippen molar-refractivity contribution in [1.82, 2.24) is 9.78 Å². The first-order valence-electron chi connectivity index (χ1n) is 4.28. The summed E-state index contributed by atoms with van der Waals surface area (Å²) in [6, 6.07) is 7.61. The number of hydrogen-bond donors (Lipinski definition) is 0. The number of aryl methyl sites for hydroxylation is 1. The van der Waals surface area contributed by atoms with E-state index in [1.165, 1.54) is 6.92 Å². The van der Waals surface area contributed by atoms with Crippen LogP contribution in [0.25, 0.3) is 10.9 Å². The molecule has 0 unspecified atom stereocenters. The molecule has 0 N–H and O–H groups in total. The van der Waals surface area contributed by atoms with E-state index < -0.39 is 0 Å². The Morgan fingerprint density at radius 2 is 2.14 bits per heavy atom. The van der Waals surface area contributed by atoms with Gasteiger partial charge in [-0.2, -0.15) is 0 Å². The highest BCUT2D eigenvalue weighted by atomic mass is 16.5. The molecule has 0 aliphatic heterocycles. The molecule has 14 heavy (non-hydrogen) atoms. The Labute approximate surface area is 81.1 Å². The number of ether oxygens (including phenoxy) is 1. The number of fused-ring (bicyclic) bond motifs is 1. The van der Waals surface area contributed by atoms with Gasteiger partial charge in [0.2, 0.25) is 5.88 Å². The number of rotatable bonds is 1. The topological polar surface area (TPSA) is 44.1 Å². The molecule has 4 heteroatoms. The molecule has 2 aromatic rings.